The monoisotopic (exact) mass is 260 g/mol. The van der Waals surface area contributed by atoms with Crippen LogP contribution in [0.25, 0.3) is 0 Å². The molecule has 104 valence electrons. The maximum atomic E-state index is 10.9. The molecule has 0 aromatic carbocycles. The van der Waals surface area contributed by atoms with Crippen molar-refractivity contribution in [3.8, 4) is 0 Å². The van der Waals surface area contributed by atoms with Crippen molar-refractivity contribution in [3.63, 3.8) is 0 Å². The van der Waals surface area contributed by atoms with Gasteiger partial charge in [-0.15, -0.1) is 0 Å². The van der Waals surface area contributed by atoms with Crippen molar-refractivity contribution >= 4 is 11.9 Å². The lowest BCUT2D eigenvalue weighted by molar-refractivity contribution is -0.176. The van der Waals surface area contributed by atoms with E-state index in [-0.39, 0.29) is 0 Å². The van der Waals surface area contributed by atoms with E-state index in [1.165, 1.54) is 13.8 Å². The molecule has 0 bridgehead atoms. The van der Waals surface area contributed by atoms with Crippen molar-refractivity contribution in [2.45, 2.75) is 63.9 Å². The Kier molecular flexibility index (Phi) is 5.55. The number of carbonyl (C=O) groups is 2. The summed E-state index contributed by atoms with van der Waals surface area (Å²) in [5, 5.41) is 19.9. The van der Waals surface area contributed by atoms with Crippen LogP contribution in [-0.4, -0.2) is 46.6 Å². The van der Waals surface area contributed by atoms with Gasteiger partial charge in [-0.3, -0.25) is 9.59 Å². The molecule has 6 nitrogen and oxygen atoms in total. The summed E-state index contributed by atoms with van der Waals surface area (Å²) in [6, 6.07) is 0. The van der Waals surface area contributed by atoms with Gasteiger partial charge in [0.25, 0.3) is 0 Å². The summed E-state index contributed by atoms with van der Waals surface area (Å²) in [7, 11) is 0. The Hall–Kier alpha value is -1.14. The molecule has 0 spiro atoms. The van der Waals surface area contributed by atoms with Crippen LogP contribution in [0, 0.1) is 0 Å². The topological polar surface area (TPSA) is 93.1 Å². The lowest BCUT2D eigenvalue weighted by Crippen LogP contribution is -2.48. The Morgan fingerprint density at radius 3 is 1.50 bits per heavy atom. The van der Waals surface area contributed by atoms with Crippen molar-refractivity contribution in [2.75, 3.05) is 0 Å². The number of hydrogen-bond donors (Lipinski definition) is 2. The zero-order chi connectivity index (χ0) is 13.7. The van der Waals surface area contributed by atoms with Gasteiger partial charge in [0.1, 0.15) is 24.4 Å². The van der Waals surface area contributed by atoms with E-state index in [1.807, 2.05) is 0 Å². The van der Waals surface area contributed by atoms with Crippen LogP contribution in [0.2, 0.25) is 0 Å². The highest BCUT2D eigenvalue weighted by molar-refractivity contribution is 5.66. The Morgan fingerprint density at radius 2 is 1.22 bits per heavy atom. The number of carbonyl (C=O) groups excluding carboxylic acids is 2. The van der Waals surface area contributed by atoms with Gasteiger partial charge < -0.3 is 19.7 Å². The minimum absolute atomic E-state index is 0.491. The number of aliphatic hydroxyl groups is 2. The maximum Gasteiger partial charge on any atom is 0.302 e. The third kappa shape index (κ3) is 4.27. The summed E-state index contributed by atoms with van der Waals surface area (Å²) in [6.45, 7) is 2.50. The van der Waals surface area contributed by atoms with E-state index in [2.05, 4.69) is 0 Å². The summed E-state index contributed by atoms with van der Waals surface area (Å²) in [4.78, 5) is 21.8. The quantitative estimate of drug-likeness (QED) is 0.686. The second-order valence-electron chi connectivity index (χ2n) is 4.56. The van der Waals surface area contributed by atoms with E-state index in [4.69, 9.17) is 9.47 Å². The first-order valence-corrected chi connectivity index (χ1v) is 6.12. The van der Waals surface area contributed by atoms with Crippen LogP contribution < -0.4 is 0 Å². The fourth-order valence-corrected chi connectivity index (χ4v) is 2.16. The molecule has 4 atom stereocenters. The Labute approximate surface area is 106 Å². The van der Waals surface area contributed by atoms with Gasteiger partial charge in [-0.05, 0) is 25.7 Å². The molecule has 0 aromatic rings. The first-order valence-electron chi connectivity index (χ1n) is 6.12. The Bertz CT molecular complexity index is 273. The third-order valence-corrected chi connectivity index (χ3v) is 2.97. The van der Waals surface area contributed by atoms with E-state index >= 15 is 0 Å². The predicted molar refractivity (Wildman–Crippen MR) is 61.6 cm³/mol. The van der Waals surface area contributed by atoms with Crippen molar-refractivity contribution in [2.24, 2.45) is 0 Å². The molecule has 0 radical (unpaired) electrons. The molecule has 0 saturated heterocycles. The van der Waals surface area contributed by atoms with Crippen molar-refractivity contribution < 1.29 is 29.3 Å². The molecule has 1 aliphatic carbocycles. The summed E-state index contributed by atoms with van der Waals surface area (Å²) in [6.07, 6.45) is -1.53. The van der Waals surface area contributed by atoms with Gasteiger partial charge >= 0.3 is 11.9 Å². The molecule has 1 aliphatic rings. The van der Waals surface area contributed by atoms with Gasteiger partial charge in [-0.1, -0.05) is 0 Å². The van der Waals surface area contributed by atoms with Crippen LogP contribution >= 0.6 is 0 Å². The van der Waals surface area contributed by atoms with Crippen LogP contribution in [-0.2, 0) is 19.1 Å². The number of aliphatic hydroxyl groups excluding tert-OH is 2. The SMILES string of the molecule is CC(=O)O[C@H]1CCCC[C@@H](OC(C)=O)[C@H](O)[C@@H]1O. The van der Waals surface area contributed by atoms with E-state index in [0.29, 0.717) is 12.8 Å². The smallest absolute Gasteiger partial charge is 0.302 e. The Balaban J connectivity index is 2.71. The van der Waals surface area contributed by atoms with E-state index in [9.17, 15) is 19.8 Å². The van der Waals surface area contributed by atoms with Crippen LogP contribution in [0.5, 0.6) is 0 Å². The molecular weight excluding hydrogens is 240 g/mol. The molecule has 0 aromatic heterocycles. The van der Waals surface area contributed by atoms with Crippen LogP contribution in [0.15, 0.2) is 0 Å². The molecule has 0 unspecified atom stereocenters. The number of rotatable bonds is 2. The predicted octanol–water partition coefficient (Wildman–Crippen LogP) is 0.146. The molecule has 2 N–H and O–H groups in total. The van der Waals surface area contributed by atoms with Crippen LogP contribution in [0.3, 0.4) is 0 Å². The van der Waals surface area contributed by atoms with Gasteiger partial charge in [0, 0.05) is 13.8 Å². The summed E-state index contributed by atoms with van der Waals surface area (Å²) < 4.78 is 9.95. The van der Waals surface area contributed by atoms with Crippen LogP contribution in [0.1, 0.15) is 39.5 Å². The Morgan fingerprint density at radius 1 is 0.889 bits per heavy atom. The minimum Gasteiger partial charge on any atom is -0.460 e. The van der Waals surface area contributed by atoms with E-state index < -0.39 is 36.4 Å². The summed E-state index contributed by atoms with van der Waals surface area (Å²) in [5.74, 6) is -1.01. The minimum atomic E-state index is -1.24. The number of ether oxygens (including phenoxy) is 2. The van der Waals surface area contributed by atoms with Gasteiger partial charge in [-0.25, -0.2) is 0 Å². The number of hydrogen-bond acceptors (Lipinski definition) is 6. The third-order valence-electron chi connectivity index (χ3n) is 2.97. The highest BCUT2D eigenvalue weighted by Gasteiger charge is 2.36. The van der Waals surface area contributed by atoms with Gasteiger partial charge in [0.2, 0.25) is 0 Å². The average Bonchev–Trinajstić information content (AvgIpc) is 2.27. The largest absolute Gasteiger partial charge is 0.460 e. The summed E-state index contributed by atoms with van der Waals surface area (Å²) in [5.41, 5.74) is 0. The molecular formula is C12H20O6. The summed E-state index contributed by atoms with van der Waals surface area (Å²) >= 11 is 0. The lowest BCUT2D eigenvalue weighted by atomic mass is 9.91. The molecule has 0 amide bonds. The first-order chi connectivity index (χ1) is 8.41. The highest BCUT2D eigenvalue weighted by atomic mass is 16.6. The van der Waals surface area contributed by atoms with Crippen molar-refractivity contribution in [3.05, 3.63) is 0 Å². The van der Waals surface area contributed by atoms with Gasteiger partial charge in [0.05, 0.1) is 0 Å². The standard InChI is InChI=1S/C12H20O6/c1-7(13)17-9-5-3-4-6-10(18-8(2)14)12(16)11(9)15/h9-12,15-16H,3-6H2,1-2H3/t9-,10+,11+,12-. The molecule has 1 rings (SSSR count). The molecule has 1 fully saturated rings. The molecule has 6 heteroatoms. The first kappa shape index (κ1) is 14.9. The lowest BCUT2D eigenvalue weighted by Gasteiger charge is -2.33. The zero-order valence-electron chi connectivity index (χ0n) is 10.7. The zero-order valence-corrected chi connectivity index (χ0v) is 10.7. The molecule has 0 aliphatic heterocycles. The molecule has 1 saturated carbocycles. The number of esters is 2. The maximum absolute atomic E-state index is 10.9. The van der Waals surface area contributed by atoms with E-state index in [0.717, 1.165) is 12.8 Å². The van der Waals surface area contributed by atoms with Gasteiger partial charge in [-0.2, -0.15) is 0 Å². The van der Waals surface area contributed by atoms with Crippen molar-refractivity contribution in [1.82, 2.24) is 0 Å². The fraction of sp³-hybridized carbons (Fsp3) is 0.833. The second-order valence-corrected chi connectivity index (χ2v) is 4.56. The highest BCUT2D eigenvalue weighted by Crippen LogP contribution is 2.23. The molecule has 0 heterocycles. The van der Waals surface area contributed by atoms with E-state index in [1.54, 1.807) is 0 Å². The second kappa shape index (κ2) is 6.70. The molecule has 18 heavy (non-hydrogen) atoms. The normalized spacial score (nSPS) is 33.1. The fourth-order valence-electron chi connectivity index (χ4n) is 2.16. The van der Waals surface area contributed by atoms with Gasteiger partial charge in [0.15, 0.2) is 0 Å². The van der Waals surface area contributed by atoms with Crippen LogP contribution in [0.4, 0.5) is 0 Å². The van der Waals surface area contributed by atoms with Crippen molar-refractivity contribution in [1.29, 1.82) is 0 Å². The average molecular weight is 260 g/mol.